The van der Waals surface area contributed by atoms with Crippen LogP contribution in [-0.2, 0) is 6.54 Å². The molecule has 0 saturated carbocycles. The molecule has 29 heavy (non-hydrogen) atoms. The molecule has 0 radical (unpaired) electrons. The smallest absolute Gasteiger partial charge is 0.251 e. The second-order valence-electron chi connectivity index (χ2n) is 7.02. The summed E-state index contributed by atoms with van der Waals surface area (Å²) in [7, 11) is 1.82. The van der Waals surface area contributed by atoms with Gasteiger partial charge in [0.25, 0.3) is 5.91 Å². The molecular weight excluding hydrogens is 362 g/mol. The first-order chi connectivity index (χ1) is 14.1. The zero-order valence-electron chi connectivity index (χ0n) is 17.0. The van der Waals surface area contributed by atoms with Gasteiger partial charge in [-0.25, -0.2) is 0 Å². The maximum atomic E-state index is 11.6. The van der Waals surface area contributed by atoms with E-state index in [0.29, 0.717) is 5.56 Å². The third kappa shape index (κ3) is 5.44. The summed E-state index contributed by atoms with van der Waals surface area (Å²) in [5.41, 5.74) is 9.60. The fraction of sp³-hybridized carbons (Fsp3) is 0.208. The van der Waals surface area contributed by atoms with Gasteiger partial charge in [0, 0.05) is 28.9 Å². The van der Waals surface area contributed by atoms with E-state index in [9.17, 15) is 4.79 Å². The number of amides is 1. The number of fused-ring (bicyclic) bond motifs is 3. The van der Waals surface area contributed by atoms with Crippen LogP contribution in [0.1, 0.15) is 29.8 Å². The molecule has 0 unspecified atom stereocenters. The summed E-state index contributed by atoms with van der Waals surface area (Å²) in [5.74, 6) is -0.0249. The SMILES string of the molecule is CNNCc1ccc(C(=O)NC(C)C)cc1.c1ccc2c(c1)oc1ccccc12. The number of para-hydroxylation sites is 2. The Bertz CT molecular complexity index is 1020. The van der Waals surface area contributed by atoms with E-state index in [2.05, 4.69) is 28.3 Å². The maximum Gasteiger partial charge on any atom is 0.251 e. The van der Waals surface area contributed by atoms with Crippen molar-refractivity contribution in [1.29, 1.82) is 0 Å². The van der Waals surface area contributed by atoms with E-state index in [0.717, 1.165) is 23.3 Å². The molecule has 0 aliphatic carbocycles. The average Bonchev–Trinajstić information content (AvgIpc) is 3.11. The Morgan fingerprint density at radius 3 is 1.93 bits per heavy atom. The number of carbonyl (C=O) groups excluding carboxylic acids is 1. The van der Waals surface area contributed by atoms with Gasteiger partial charge in [-0.15, -0.1) is 0 Å². The summed E-state index contributed by atoms with van der Waals surface area (Å²) in [6, 6.07) is 23.9. The van der Waals surface area contributed by atoms with Crippen molar-refractivity contribution in [3.05, 3.63) is 83.9 Å². The van der Waals surface area contributed by atoms with E-state index in [-0.39, 0.29) is 11.9 Å². The summed E-state index contributed by atoms with van der Waals surface area (Å²) >= 11 is 0. The Morgan fingerprint density at radius 2 is 1.41 bits per heavy atom. The second-order valence-corrected chi connectivity index (χ2v) is 7.02. The molecule has 0 spiro atoms. The molecule has 3 N–H and O–H groups in total. The molecule has 0 aliphatic rings. The number of hydrazine groups is 1. The van der Waals surface area contributed by atoms with Crippen LogP contribution in [0.25, 0.3) is 21.9 Å². The predicted molar refractivity (Wildman–Crippen MR) is 119 cm³/mol. The number of nitrogens with one attached hydrogen (secondary N) is 3. The molecule has 1 heterocycles. The van der Waals surface area contributed by atoms with Gasteiger partial charge in [0.05, 0.1) is 0 Å². The highest BCUT2D eigenvalue weighted by atomic mass is 16.3. The van der Waals surface area contributed by atoms with Crippen LogP contribution < -0.4 is 16.2 Å². The topological polar surface area (TPSA) is 66.3 Å². The lowest BCUT2D eigenvalue weighted by molar-refractivity contribution is 0.0943. The van der Waals surface area contributed by atoms with Crippen molar-refractivity contribution in [2.75, 3.05) is 7.05 Å². The Hall–Kier alpha value is -3.15. The molecule has 1 aromatic heterocycles. The fourth-order valence-electron chi connectivity index (χ4n) is 2.98. The lowest BCUT2D eigenvalue weighted by atomic mass is 10.1. The second kappa shape index (κ2) is 9.87. The van der Waals surface area contributed by atoms with Gasteiger partial charge in [0.1, 0.15) is 11.2 Å². The van der Waals surface area contributed by atoms with Crippen molar-refractivity contribution in [1.82, 2.24) is 16.2 Å². The standard InChI is InChI=1S/C12H19N3O.C12H8O/c1-9(2)15-12(16)11-6-4-10(5-7-11)8-14-13-3;1-3-7-11-9(5-1)10-6-2-4-8-12(10)13-11/h4-7,9,13-14H,8H2,1-3H3,(H,15,16);1-8H. The van der Waals surface area contributed by atoms with Gasteiger partial charge in [0.15, 0.2) is 0 Å². The van der Waals surface area contributed by atoms with Crippen LogP contribution in [0.5, 0.6) is 0 Å². The van der Waals surface area contributed by atoms with Gasteiger partial charge in [-0.1, -0.05) is 48.5 Å². The Balaban J connectivity index is 0.000000168. The molecule has 0 aliphatic heterocycles. The molecule has 150 valence electrons. The number of hydrogen-bond acceptors (Lipinski definition) is 4. The molecule has 3 aromatic carbocycles. The van der Waals surface area contributed by atoms with Crippen molar-refractivity contribution in [3.8, 4) is 0 Å². The van der Waals surface area contributed by atoms with Crippen LogP contribution in [0, 0.1) is 0 Å². The van der Waals surface area contributed by atoms with Crippen LogP contribution >= 0.6 is 0 Å². The van der Waals surface area contributed by atoms with E-state index in [4.69, 9.17) is 4.42 Å². The summed E-state index contributed by atoms with van der Waals surface area (Å²) < 4.78 is 5.65. The molecule has 5 nitrogen and oxygen atoms in total. The zero-order chi connectivity index (χ0) is 20.6. The molecule has 4 aromatic rings. The van der Waals surface area contributed by atoms with E-state index >= 15 is 0 Å². The highest BCUT2D eigenvalue weighted by Gasteiger charge is 2.06. The van der Waals surface area contributed by atoms with Crippen molar-refractivity contribution in [3.63, 3.8) is 0 Å². The fourth-order valence-corrected chi connectivity index (χ4v) is 2.98. The van der Waals surface area contributed by atoms with Crippen LogP contribution in [0.15, 0.2) is 77.2 Å². The largest absolute Gasteiger partial charge is 0.456 e. The Labute approximate surface area is 171 Å². The van der Waals surface area contributed by atoms with Crippen molar-refractivity contribution >= 4 is 27.8 Å². The van der Waals surface area contributed by atoms with Gasteiger partial charge in [-0.2, -0.15) is 0 Å². The minimum atomic E-state index is -0.0249. The van der Waals surface area contributed by atoms with E-state index in [1.54, 1.807) is 0 Å². The summed E-state index contributed by atoms with van der Waals surface area (Å²) in [4.78, 5) is 11.6. The van der Waals surface area contributed by atoms with E-state index < -0.39 is 0 Å². The van der Waals surface area contributed by atoms with Gasteiger partial charge >= 0.3 is 0 Å². The lowest BCUT2D eigenvalue weighted by Crippen LogP contribution is -2.30. The summed E-state index contributed by atoms with van der Waals surface area (Å²) in [6.07, 6.45) is 0. The molecule has 5 heteroatoms. The van der Waals surface area contributed by atoms with Crippen LogP contribution in [-0.4, -0.2) is 19.0 Å². The van der Waals surface area contributed by atoms with Gasteiger partial charge in [-0.05, 0) is 50.7 Å². The predicted octanol–water partition coefficient (Wildman–Crippen LogP) is 4.63. The normalized spacial score (nSPS) is 10.8. The first-order valence-corrected chi connectivity index (χ1v) is 9.74. The number of rotatable bonds is 5. The van der Waals surface area contributed by atoms with Crippen molar-refractivity contribution < 1.29 is 9.21 Å². The van der Waals surface area contributed by atoms with Crippen LogP contribution in [0.3, 0.4) is 0 Å². The Morgan fingerprint density at radius 1 is 0.862 bits per heavy atom. The first-order valence-electron chi connectivity index (χ1n) is 9.74. The molecular formula is C24H27N3O2. The van der Waals surface area contributed by atoms with Crippen LogP contribution in [0.4, 0.5) is 0 Å². The maximum absolute atomic E-state index is 11.6. The minimum absolute atomic E-state index is 0.0249. The first kappa shape index (κ1) is 20.6. The zero-order valence-corrected chi connectivity index (χ0v) is 17.0. The third-order valence-corrected chi connectivity index (χ3v) is 4.39. The van der Waals surface area contributed by atoms with Crippen molar-refractivity contribution in [2.24, 2.45) is 0 Å². The van der Waals surface area contributed by atoms with Gasteiger partial charge < -0.3 is 9.73 Å². The number of furan rings is 1. The average molecular weight is 389 g/mol. The summed E-state index contributed by atoms with van der Waals surface area (Å²) in [5, 5.41) is 5.24. The number of hydrogen-bond donors (Lipinski definition) is 3. The summed E-state index contributed by atoms with van der Waals surface area (Å²) in [6.45, 7) is 4.63. The van der Waals surface area contributed by atoms with Crippen LogP contribution in [0.2, 0.25) is 0 Å². The molecule has 1 amide bonds. The molecule has 0 fully saturated rings. The third-order valence-electron chi connectivity index (χ3n) is 4.39. The van der Waals surface area contributed by atoms with Gasteiger partial charge in [0.2, 0.25) is 0 Å². The quantitative estimate of drug-likeness (QED) is 0.435. The lowest BCUT2D eigenvalue weighted by Gasteiger charge is -2.09. The molecule has 0 atom stereocenters. The Kier molecular flexibility index (Phi) is 7.00. The monoisotopic (exact) mass is 389 g/mol. The number of carbonyl (C=O) groups is 1. The van der Waals surface area contributed by atoms with Crippen molar-refractivity contribution in [2.45, 2.75) is 26.4 Å². The highest BCUT2D eigenvalue weighted by molar-refractivity contribution is 6.04. The minimum Gasteiger partial charge on any atom is -0.456 e. The molecule has 0 bridgehead atoms. The van der Waals surface area contributed by atoms with E-state index in [1.807, 2.05) is 81.6 Å². The molecule has 0 saturated heterocycles. The molecule has 4 rings (SSSR count). The highest BCUT2D eigenvalue weighted by Crippen LogP contribution is 2.27. The number of benzene rings is 3. The van der Waals surface area contributed by atoms with Gasteiger partial charge in [-0.3, -0.25) is 15.6 Å². The van der Waals surface area contributed by atoms with E-state index in [1.165, 1.54) is 10.8 Å².